The molecule has 0 aromatic heterocycles. The Bertz CT molecular complexity index is 319. The Hall–Kier alpha value is -0.900. The molecule has 3 N–H and O–H groups in total. The molecule has 16 heavy (non-hydrogen) atoms. The molecule has 0 amide bonds. The van der Waals surface area contributed by atoms with E-state index in [-0.39, 0.29) is 6.61 Å². The Kier molecular flexibility index (Phi) is 3.93. The molecule has 1 saturated carbocycles. The summed E-state index contributed by atoms with van der Waals surface area (Å²) in [6, 6.07) is 8.65. The zero-order chi connectivity index (χ0) is 11.4. The van der Waals surface area contributed by atoms with Gasteiger partial charge in [0.25, 0.3) is 0 Å². The standard InChI is InChI=1S/C13H19NO2/c15-9-13(16)8-14-7-10-1-3-11(4-2-10)12-5-6-12/h1-4,12-16H,5-9H2. The quantitative estimate of drug-likeness (QED) is 0.672. The van der Waals surface area contributed by atoms with Crippen LogP contribution >= 0.6 is 0 Å². The van der Waals surface area contributed by atoms with Crippen molar-refractivity contribution in [2.24, 2.45) is 0 Å². The average Bonchev–Trinajstić information content (AvgIpc) is 3.14. The zero-order valence-corrected chi connectivity index (χ0v) is 9.39. The molecular weight excluding hydrogens is 202 g/mol. The van der Waals surface area contributed by atoms with E-state index < -0.39 is 6.10 Å². The molecule has 1 unspecified atom stereocenters. The number of hydrogen-bond acceptors (Lipinski definition) is 3. The van der Waals surface area contributed by atoms with E-state index in [0.29, 0.717) is 6.54 Å². The highest BCUT2D eigenvalue weighted by molar-refractivity contribution is 5.27. The second-order valence-corrected chi connectivity index (χ2v) is 4.48. The van der Waals surface area contributed by atoms with Gasteiger partial charge in [-0.15, -0.1) is 0 Å². The van der Waals surface area contributed by atoms with Gasteiger partial charge >= 0.3 is 0 Å². The molecule has 0 spiro atoms. The summed E-state index contributed by atoms with van der Waals surface area (Å²) in [4.78, 5) is 0. The van der Waals surface area contributed by atoms with Gasteiger partial charge in [0.2, 0.25) is 0 Å². The molecule has 88 valence electrons. The summed E-state index contributed by atoms with van der Waals surface area (Å²) in [5.74, 6) is 0.804. The second-order valence-electron chi connectivity index (χ2n) is 4.48. The van der Waals surface area contributed by atoms with E-state index in [1.165, 1.54) is 24.0 Å². The number of nitrogens with one attached hydrogen (secondary N) is 1. The highest BCUT2D eigenvalue weighted by Gasteiger charge is 2.22. The highest BCUT2D eigenvalue weighted by Crippen LogP contribution is 2.39. The van der Waals surface area contributed by atoms with E-state index >= 15 is 0 Å². The van der Waals surface area contributed by atoms with Crippen LogP contribution in [0.4, 0.5) is 0 Å². The number of aliphatic hydroxyl groups excluding tert-OH is 2. The Morgan fingerprint density at radius 2 is 1.94 bits per heavy atom. The molecule has 3 nitrogen and oxygen atoms in total. The molecule has 0 heterocycles. The Morgan fingerprint density at radius 1 is 1.25 bits per heavy atom. The molecule has 0 saturated heterocycles. The van der Waals surface area contributed by atoms with Gasteiger partial charge in [-0.2, -0.15) is 0 Å². The SMILES string of the molecule is OCC(O)CNCc1ccc(C2CC2)cc1. The van der Waals surface area contributed by atoms with E-state index in [1.807, 2.05) is 0 Å². The molecule has 0 aliphatic heterocycles. The van der Waals surface area contributed by atoms with Gasteiger partial charge in [-0.3, -0.25) is 0 Å². The summed E-state index contributed by atoms with van der Waals surface area (Å²) in [7, 11) is 0. The third-order valence-electron chi connectivity index (χ3n) is 2.95. The van der Waals surface area contributed by atoms with Crippen molar-refractivity contribution in [3.05, 3.63) is 35.4 Å². The predicted octanol–water partition coefficient (Wildman–Crippen LogP) is 1.01. The molecule has 1 atom stereocenters. The lowest BCUT2D eigenvalue weighted by molar-refractivity contribution is 0.0942. The third-order valence-corrected chi connectivity index (χ3v) is 2.95. The van der Waals surface area contributed by atoms with Crippen LogP contribution in [0.25, 0.3) is 0 Å². The van der Waals surface area contributed by atoms with Gasteiger partial charge < -0.3 is 15.5 Å². The van der Waals surface area contributed by atoms with E-state index in [0.717, 1.165) is 12.5 Å². The van der Waals surface area contributed by atoms with Crippen LogP contribution in [-0.4, -0.2) is 29.5 Å². The van der Waals surface area contributed by atoms with Crippen LogP contribution < -0.4 is 5.32 Å². The fourth-order valence-corrected chi connectivity index (χ4v) is 1.77. The van der Waals surface area contributed by atoms with Crippen molar-refractivity contribution in [3.63, 3.8) is 0 Å². The first-order valence-electron chi connectivity index (χ1n) is 5.88. The number of benzene rings is 1. The lowest BCUT2D eigenvalue weighted by Gasteiger charge is -2.09. The van der Waals surface area contributed by atoms with Gasteiger partial charge in [0.1, 0.15) is 0 Å². The summed E-state index contributed by atoms with van der Waals surface area (Å²) in [5, 5.41) is 20.9. The molecule has 2 rings (SSSR count). The summed E-state index contributed by atoms with van der Waals surface area (Å²) in [5.41, 5.74) is 2.66. The molecule has 0 radical (unpaired) electrons. The topological polar surface area (TPSA) is 52.5 Å². The van der Waals surface area contributed by atoms with Crippen LogP contribution in [-0.2, 0) is 6.54 Å². The van der Waals surface area contributed by atoms with Crippen LogP contribution in [0.5, 0.6) is 0 Å². The lowest BCUT2D eigenvalue weighted by atomic mass is 10.1. The van der Waals surface area contributed by atoms with Crippen LogP contribution in [0.15, 0.2) is 24.3 Å². The number of rotatable bonds is 6. The Labute approximate surface area is 96.1 Å². The normalized spacial score (nSPS) is 17.4. The van der Waals surface area contributed by atoms with Gasteiger partial charge in [0, 0.05) is 13.1 Å². The number of hydrogen-bond donors (Lipinski definition) is 3. The van der Waals surface area contributed by atoms with Gasteiger partial charge in [-0.1, -0.05) is 24.3 Å². The smallest absolute Gasteiger partial charge is 0.0895 e. The van der Waals surface area contributed by atoms with Gasteiger partial charge in [0.05, 0.1) is 12.7 Å². The lowest BCUT2D eigenvalue weighted by Crippen LogP contribution is -2.28. The van der Waals surface area contributed by atoms with E-state index in [9.17, 15) is 0 Å². The van der Waals surface area contributed by atoms with Crippen molar-refractivity contribution in [2.45, 2.75) is 31.4 Å². The highest BCUT2D eigenvalue weighted by atomic mass is 16.3. The Balaban J connectivity index is 1.76. The van der Waals surface area contributed by atoms with Gasteiger partial charge in [-0.25, -0.2) is 0 Å². The molecular formula is C13H19NO2. The van der Waals surface area contributed by atoms with Crippen molar-refractivity contribution in [1.82, 2.24) is 5.32 Å². The molecule has 3 heteroatoms. The van der Waals surface area contributed by atoms with Crippen LogP contribution in [0.2, 0.25) is 0 Å². The minimum atomic E-state index is -0.661. The predicted molar refractivity (Wildman–Crippen MR) is 63.2 cm³/mol. The van der Waals surface area contributed by atoms with Crippen molar-refractivity contribution >= 4 is 0 Å². The molecule has 1 aromatic rings. The van der Waals surface area contributed by atoms with Crippen LogP contribution in [0, 0.1) is 0 Å². The monoisotopic (exact) mass is 221 g/mol. The maximum absolute atomic E-state index is 9.15. The molecule has 1 aromatic carbocycles. The van der Waals surface area contributed by atoms with Crippen molar-refractivity contribution in [1.29, 1.82) is 0 Å². The first-order chi connectivity index (χ1) is 7.79. The van der Waals surface area contributed by atoms with Crippen molar-refractivity contribution in [2.75, 3.05) is 13.2 Å². The van der Waals surface area contributed by atoms with Crippen LogP contribution in [0.1, 0.15) is 29.9 Å². The molecule has 1 fully saturated rings. The van der Waals surface area contributed by atoms with E-state index in [4.69, 9.17) is 10.2 Å². The minimum absolute atomic E-state index is 0.187. The zero-order valence-electron chi connectivity index (χ0n) is 9.39. The maximum Gasteiger partial charge on any atom is 0.0895 e. The average molecular weight is 221 g/mol. The fraction of sp³-hybridized carbons (Fsp3) is 0.538. The van der Waals surface area contributed by atoms with Crippen molar-refractivity contribution in [3.8, 4) is 0 Å². The summed E-state index contributed by atoms with van der Waals surface area (Å²) in [6.07, 6.45) is 2.01. The second kappa shape index (κ2) is 5.43. The third kappa shape index (κ3) is 3.30. The van der Waals surface area contributed by atoms with Crippen LogP contribution in [0.3, 0.4) is 0 Å². The van der Waals surface area contributed by atoms with E-state index in [1.54, 1.807) is 0 Å². The first-order valence-corrected chi connectivity index (χ1v) is 5.88. The fourth-order valence-electron chi connectivity index (χ4n) is 1.77. The van der Waals surface area contributed by atoms with Crippen molar-refractivity contribution < 1.29 is 10.2 Å². The Morgan fingerprint density at radius 3 is 2.50 bits per heavy atom. The minimum Gasteiger partial charge on any atom is -0.394 e. The summed E-state index contributed by atoms with van der Waals surface area (Å²) in [6.45, 7) is 0.983. The largest absolute Gasteiger partial charge is 0.394 e. The summed E-state index contributed by atoms with van der Waals surface area (Å²) < 4.78 is 0. The van der Waals surface area contributed by atoms with Gasteiger partial charge in [-0.05, 0) is 29.9 Å². The number of aliphatic hydroxyl groups is 2. The molecule has 0 bridgehead atoms. The maximum atomic E-state index is 9.15. The molecule has 1 aliphatic carbocycles. The molecule has 1 aliphatic rings. The first kappa shape index (κ1) is 11.6. The van der Waals surface area contributed by atoms with Gasteiger partial charge in [0.15, 0.2) is 0 Å². The summed E-state index contributed by atoms with van der Waals surface area (Å²) >= 11 is 0. The van der Waals surface area contributed by atoms with E-state index in [2.05, 4.69) is 29.6 Å².